The van der Waals surface area contributed by atoms with Gasteiger partial charge in [0.15, 0.2) is 0 Å². The van der Waals surface area contributed by atoms with Crippen LogP contribution in [0, 0.1) is 18.6 Å². The lowest BCUT2D eigenvalue weighted by Crippen LogP contribution is -2.13. The van der Waals surface area contributed by atoms with Crippen LogP contribution in [-0.2, 0) is 0 Å². The topological polar surface area (TPSA) is 56.0 Å². The quantitative estimate of drug-likeness (QED) is 0.801. The highest BCUT2D eigenvalue weighted by Gasteiger charge is 2.13. The van der Waals surface area contributed by atoms with Crippen LogP contribution >= 0.6 is 0 Å². The van der Waals surface area contributed by atoms with E-state index in [9.17, 15) is 13.6 Å². The number of benzene rings is 1. The zero-order valence-corrected chi connectivity index (χ0v) is 8.42. The molecule has 0 saturated heterocycles. The highest BCUT2D eigenvalue weighted by Crippen LogP contribution is 2.23. The molecule has 0 fully saturated rings. The Balaban J connectivity index is 2.92. The fourth-order valence-corrected chi connectivity index (χ4v) is 1.58. The Morgan fingerprint density at radius 2 is 1.94 bits per heavy atom. The van der Waals surface area contributed by atoms with E-state index < -0.39 is 17.5 Å². The summed E-state index contributed by atoms with van der Waals surface area (Å²) in [6.07, 6.45) is 0. The van der Waals surface area contributed by atoms with Crippen LogP contribution in [-0.4, -0.2) is 10.9 Å². The summed E-state index contributed by atoms with van der Waals surface area (Å²) in [7, 11) is 0. The first kappa shape index (κ1) is 10.5. The molecule has 1 amide bonds. The second-order valence-corrected chi connectivity index (χ2v) is 3.44. The van der Waals surface area contributed by atoms with Gasteiger partial charge in [0.1, 0.15) is 22.8 Å². The normalized spacial score (nSPS) is 10.7. The summed E-state index contributed by atoms with van der Waals surface area (Å²) >= 11 is 0. The van der Waals surface area contributed by atoms with Crippen LogP contribution in [0.1, 0.15) is 16.1 Å². The molecule has 0 aliphatic rings. The summed E-state index contributed by atoms with van der Waals surface area (Å²) < 4.78 is 26.8. The van der Waals surface area contributed by atoms with Gasteiger partial charge in [-0.3, -0.25) is 4.79 Å². The predicted molar refractivity (Wildman–Crippen MR) is 54.9 cm³/mol. The summed E-state index contributed by atoms with van der Waals surface area (Å²) in [5.41, 5.74) is 5.22. The van der Waals surface area contributed by atoms with Gasteiger partial charge < -0.3 is 5.73 Å². The highest BCUT2D eigenvalue weighted by atomic mass is 19.1. The fraction of sp³-hybridized carbons (Fsp3) is 0.0909. The Labute approximate surface area is 89.9 Å². The Morgan fingerprint density at radius 1 is 1.31 bits per heavy atom. The number of amides is 1. The molecule has 1 aromatic heterocycles. The van der Waals surface area contributed by atoms with Crippen LogP contribution in [0.4, 0.5) is 8.78 Å². The molecule has 0 unspecified atom stereocenters. The molecule has 0 atom stereocenters. The van der Waals surface area contributed by atoms with Crippen molar-refractivity contribution in [1.82, 2.24) is 4.98 Å². The van der Waals surface area contributed by atoms with E-state index >= 15 is 0 Å². The maximum absolute atomic E-state index is 13.4. The van der Waals surface area contributed by atoms with Crippen molar-refractivity contribution in [2.45, 2.75) is 6.92 Å². The molecular weight excluding hydrogens is 214 g/mol. The summed E-state index contributed by atoms with van der Waals surface area (Å²) in [6.45, 7) is 1.57. The number of carbonyl (C=O) groups is 1. The first-order valence-corrected chi connectivity index (χ1v) is 4.56. The zero-order chi connectivity index (χ0) is 11.9. The van der Waals surface area contributed by atoms with Crippen LogP contribution in [0.2, 0.25) is 0 Å². The third-order valence-electron chi connectivity index (χ3n) is 2.31. The largest absolute Gasteiger partial charge is 0.364 e. The lowest BCUT2D eigenvalue weighted by atomic mass is 10.1. The average molecular weight is 222 g/mol. The molecule has 1 aromatic carbocycles. The minimum atomic E-state index is -0.770. The van der Waals surface area contributed by atoms with E-state index in [1.54, 1.807) is 6.92 Å². The van der Waals surface area contributed by atoms with E-state index in [2.05, 4.69) is 4.98 Å². The molecule has 0 spiro atoms. The van der Waals surface area contributed by atoms with Crippen molar-refractivity contribution in [2.24, 2.45) is 5.73 Å². The zero-order valence-electron chi connectivity index (χ0n) is 8.42. The van der Waals surface area contributed by atoms with Crippen molar-refractivity contribution in [3.8, 4) is 0 Å². The molecule has 2 rings (SSSR count). The molecule has 0 bridgehead atoms. The monoisotopic (exact) mass is 222 g/mol. The average Bonchev–Trinajstić information content (AvgIpc) is 2.22. The number of hydrogen-bond acceptors (Lipinski definition) is 2. The number of aryl methyl sites for hydroxylation is 1. The van der Waals surface area contributed by atoms with Gasteiger partial charge in [-0.1, -0.05) is 0 Å². The number of nitrogens with two attached hydrogens (primary N) is 1. The molecule has 1 heterocycles. The molecule has 2 aromatic rings. The van der Waals surface area contributed by atoms with Gasteiger partial charge in [-0.05, 0) is 30.7 Å². The second kappa shape index (κ2) is 3.52. The molecular formula is C11H8F2N2O. The van der Waals surface area contributed by atoms with Crippen LogP contribution in [0.25, 0.3) is 10.9 Å². The first-order valence-electron chi connectivity index (χ1n) is 4.56. The van der Waals surface area contributed by atoms with Gasteiger partial charge in [0.25, 0.3) is 5.91 Å². The number of rotatable bonds is 1. The first-order chi connectivity index (χ1) is 7.50. The lowest BCUT2D eigenvalue weighted by molar-refractivity contribution is 0.0996. The summed E-state index contributed by atoms with van der Waals surface area (Å²) in [5.74, 6) is -2.02. The predicted octanol–water partition coefficient (Wildman–Crippen LogP) is 1.92. The number of carbonyl (C=O) groups excluding carboxylic acids is 1. The van der Waals surface area contributed by atoms with E-state index in [0.29, 0.717) is 5.56 Å². The van der Waals surface area contributed by atoms with E-state index in [1.165, 1.54) is 6.07 Å². The van der Waals surface area contributed by atoms with Crippen molar-refractivity contribution in [1.29, 1.82) is 0 Å². The number of halogens is 2. The van der Waals surface area contributed by atoms with Crippen molar-refractivity contribution in [3.05, 3.63) is 41.1 Å². The molecule has 3 nitrogen and oxygen atoms in total. The molecule has 0 saturated carbocycles. The van der Waals surface area contributed by atoms with Crippen molar-refractivity contribution in [3.63, 3.8) is 0 Å². The molecule has 82 valence electrons. The number of pyridine rings is 1. The van der Waals surface area contributed by atoms with Crippen LogP contribution in [0.3, 0.4) is 0 Å². The summed E-state index contributed by atoms with van der Waals surface area (Å²) in [6, 6.07) is 3.33. The van der Waals surface area contributed by atoms with Crippen molar-refractivity contribution >= 4 is 16.8 Å². The standard InChI is InChI=1S/C11H8F2N2O/c1-5-4-8(11(14)16)15-10-7(13)3-2-6(12)9(5)10/h2-4H,1H3,(H2,14,16). The number of aromatic nitrogens is 1. The minimum Gasteiger partial charge on any atom is -0.364 e. The van der Waals surface area contributed by atoms with Crippen LogP contribution in [0.15, 0.2) is 18.2 Å². The van der Waals surface area contributed by atoms with E-state index in [0.717, 1.165) is 12.1 Å². The van der Waals surface area contributed by atoms with E-state index in [-0.39, 0.29) is 16.6 Å². The van der Waals surface area contributed by atoms with Crippen LogP contribution in [0.5, 0.6) is 0 Å². The Morgan fingerprint density at radius 3 is 2.56 bits per heavy atom. The lowest BCUT2D eigenvalue weighted by Gasteiger charge is -2.05. The highest BCUT2D eigenvalue weighted by molar-refractivity contribution is 5.95. The van der Waals surface area contributed by atoms with Gasteiger partial charge in [0.2, 0.25) is 0 Å². The molecule has 0 aliphatic carbocycles. The Bertz CT molecular complexity index is 596. The number of nitrogens with zero attached hydrogens (tertiary/aromatic N) is 1. The van der Waals surface area contributed by atoms with E-state index in [4.69, 9.17) is 5.73 Å². The molecule has 16 heavy (non-hydrogen) atoms. The summed E-state index contributed by atoms with van der Waals surface area (Å²) in [4.78, 5) is 14.6. The Kier molecular flexibility index (Phi) is 2.30. The van der Waals surface area contributed by atoms with Gasteiger partial charge in [-0.2, -0.15) is 0 Å². The number of hydrogen-bond donors (Lipinski definition) is 1. The van der Waals surface area contributed by atoms with Gasteiger partial charge in [0, 0.05) is 5.39 Å². The molecule has 0 radical (unpaired) electrons. The third-order valence-corrected chi connectivity index (χ3v) is 2.31. The van der Waals surface area contributed by atoms with Gasteiger partial charge in [-0.15, -0.1) is 0 Å². The maximum atomic E-state index is 13.4. The smallest absolute Gasteiger partial charge is 0.267 e. The van der Waals surface area contributed by atoms with Gasteiger partial charge >= 0.3 is 0 Å². The van der Waals surface area contributed by atoms with Crippen molar-refractivity contribution < 1.29 is 13.6 Å². The maximum Gasteiger partial charge on any atom is 0.267 e. The second-order valence-electron chi connectivity index (χ2n) is 3.44. The van der Waals surface area contributed by atoms with Crippen LogP contribution < -0.4 is 5.73 Å². The third kappa shape index (κ3) is 1.50. The SMILES string of the molecule is Cc1cc(C(N)=O)nc2c(F)ccc(F)c12. The van der Waals surface area contributed by atoms with Gasteiger partial charge in [0.05, 0.1) is 0 Å². The number of fused-ring (bicyclic) bond motifs is 1. The van der Waals surface area contributed by atoms with E-state index in [1.807, 2.05) is 0 Å². The minimum absolute atomic E-state index is 0.0741. The molecule has 5 heteroatoms. The fourth-order valence-electron chi connectivity index (χ4n) is 1.58. The molecule has 2 N–H and O–H groups in total. The summed E-state index contributed by atoms with van der Waals surface area (Å²) in [5, 5.41) is 0.0741. The van der Waals surface area contributed by atoms with Crippen molar-refractivity contribution in [2.75, 3.05) is 0 Å². The number of primary amides is 1. The Hall–Kier alpha value is -2.04. The van der Waals surface area contributed by atoms with Gasteiger partial charge in [-0.25, -0.2) is 13.8 Å². The molecule has 0 aliphatic heterocycles.